The Kier molecular flexibility index (Phi) is 5.51. The topological polar surface area (TPSA) is 23.5 Å². The van der Waals surface area contributed by atoms with Crippen LogP contribution in [0.5, 0.6) is 0 Å². The molecular formula is C9H21NO. The minimum atomic E-state index is 0.356. The van der Waals surface area contributed by atoms with Gasteiger partial charge in [0.05, 0.1) is 0 Å². The summed E-state index contributed by atoms with van der Waals surface area (Å²) in [4.78, 5) is 2.29. The molecule has 0 amide bonds. The van der Waals surface area contributed by atoms with E-state index in [4.69, 9.17) is 5.11 Å². The molecule has 1 heterocycles. The van der Waals surface area contributed by atoms with Gasteiger partial charge in [0, 0.05) is 19.2 Å². The van der Waals surface area contributed by atoms with Gasteiger partial charge in [0.25, 0.3) is 0 Å². The lowest BCUT2D eigenvalue weighted by Crippen LogP contribution is -2.21. The molecule has 0 radical (unpaired) electrons. The number of rotatable bonds is 1. The molecule has 2 unspecified atom stereocenters. The lowest BCUT2D eigenvalue weighted by atomic mass is 10.1. The van der Waals surface area contributed by atoms with Gasteiger partial charge < -0.3 is 10.0 Å². The second kappa shape index (κ2) is 5.56. The van der Waals surface area contributed by atoms with Crippen molar-refractivity contribution in [2.45, 2.75) is 33.2 Å². The number of hydrogen-bond acceptors (Lipinski definition) is 2. The van der Waals surface area contributed by atoms with E-state index in [1.54, 1.807) is 0 Å². The van der Waals surface area contributed by atoms with Crippen molar-refractivity contribution in [1.29, 1.82) is 0 Å². The van der Waals surface area contributed by atoms with Gasteiger partial charge in [0.1, 0.15) is 0 Å². The number of nitrogens with zero attached hydrogens (tertiary/aromatic N) is 1. The zero-order valence-electron chi connectivity index (χ0n) is 8.17. The molecule has 0 saturated carbocycles. The average molecular weight is 159 g/mol. The molecule has 0 spiro atoms. The summed E-state index contributed by atoms with van der Waals surface area (Å²) in [5.74, 6) is 0.532. The first kappa shape index (κ1) is 10.9. The van der Waals surface area contributed by atoms with E-state index in [2.05, 4.69) is 18.9 Å². The highest BCUT2D eigenvalue weighted by Gasteiger charge is 2.24. The number of aliphatic hydroxyl groups is 1. The third-order valence-corrected chi connectivity index (χ3v) is 2.23. The Morgan fingerprint density at radius 3 is 2.18 bits per heavy atom. The highest BCUT2D eigenvalue weighted by atomic mass is 16.3. The average Bonchev–Trinajstić information content (AvgIpc) is 2.36. The predicted octanol–water partition coefficient (Wildman–Crippen LogP) is 1.35. The summed E-state index contributed by atoms with van der Waals surface area (Å²) in [6, 6.07) is 0.669. The van der Waals surface area contributed by atoms with Crippen LogP contribution in [0.3, 0.4) is 0 Å². The Balaban J connectivity index is 0.000000461. The van der Waals surface area contributed by atoms with Crippen LogP contribution in [0.15, 0.2) is 0 Å². The fourth-order valence-corrected chi connectivity index (χ4v) is 1.46. The van der Waals surface area contributed by atoms with Crippen LogP contribution in [0, 0.1) is 5.92 Å². The SMILES string of the molecule is CC.CC1CC(CO)CN1C. The number of aliphatic hydroxyl groups excluding tert-OH is 1. The first-order valence-corrected chi connectivity index (χ1v) is 4.55. The lowest BCUT2D eigenvalue weighted by molar-refractivity contribution is 0.227. The summed E-state index contributed by atoms with van der Waals surface area (Å²) in [5, 5.41) is 8.77. The standard InChI is InChI=1S/C7H15NO.C2H6/c1-6-3-7(5-9)4-8(6)2;1-2/h6-7,9H,3-5H2,1-2H3;1-2H3. The monoisotopic (exact) mass is 159 g/mol. The summed E-state index contributed by atoms with van der Waals surface area (Å²) in [6.45, 7) is 7.63. The van der Waals surface area contributed by atoms with Crippen LogP contribution in [0.25, 0.3) is 0 Å². The minimum Gasteiger partial charge on any atom is -0.396 e. The summed E-state index contributed by atoms with van der Waals surface area (Å²) in [6.07, 6.45) is 1.16. The molecule has 2 nitrogen and oxygen atoms in total. The van der Waals surface area contributed by atoms with Crippen LogP contribution >= 0.6 is 0 Å². The Bertz CT molecular complexity index is 85.6. The highest BCUT2D eigenvalue weighted by Crippen LogP contribution is 2.19. The molecule has 2 atom stereocenters. The molecule has 1 aliphatic heterocycles. The molecule has 0 aromatic heterocycles. The van der Waals surface area contributed by atoms with Gasteiger partial charge >= 0.3 is 0 Å². The van der Waals surface area contributed by atoms with Gasteiger partial charge in [-0.2, -0.15) is 0 Å². The van der Waals surface area contributed by atoms with Crippen LogP contribution in [-0.4, -0.2) is 36.2 Å². The van der Waals surface area contributed by atoms with Crippen molar-refractivity contribution < 1.29 is 5.11 Å². The molecule has 0 aromatic rings. The third-order valence-electron chi connectivity index (χ3n) is 2.23. The molecule has 2 heteroatoms. The molecule has 1 saturated heterocycles. The van der Waals surface area contributed by atoms with E-state index in [9.17, 15) is 0 Å². The first-order chi connectivity index (χ1) is 5.24. The van der Waals surface area contributed by atoms with E-state index >= 15 is 0 Å². The van der Waals surface area contributed by atoms with Crippen LogP contribution in [0.1, 0.15) is 27.2 Å². The second-order valence-electron chi connectivity index (χ2n) is 3.07. The van der Waals surface area contributed by atoms with Crippen molar-refractivity contribution in [3.63, 3.8) is 0 Å². The molecule has 1 N–H and O–H groups in total. The maximum Gasteiger partial charge on any atom is 0.0472 e. The summed E-state index contributed by atoms with van der Waals surface area (Å²) >= 11 is 0. The zero-order chi connectivity index (χ0) is 8.85. The van der Waals surface area contributed by atoms with E-state index < -0.39 is 0 Å². The van der Waals surface area contributed by atoms with Gasteiger partial charge in [0.15, 0.2) is 0 Å². The van der Waals surface area contributed by atoms with Crippen molar-refractivity contribution in [3.05, 3.63) is 0 Å². The normalized spacial score (nSPS) is 31.4. The fourth-order valence-electron chi connectivity index (χ4n) is 1.46. The summed E-state index contributed by atoms with van der Waals surface area (Å²) < 4.78 is 0. The third kappa shape index (κ3) is 3.21. The molecule has 68 valence electrons. The van der Waals surface area contributed by atoms with Gasteiger partial charge in [0.2, 0.25) is 0 Å². The fraction of sp³-hybridized carbons (Fsp3) is 1.00. The van der Waals surface area contributed by atoms with Gasteiger partial charge in [-0.05, 0) is 26.3 Å². The number of hydrogen-bond donors (Lipinski definition) is 1. The van der Waals surface area contributed by atoms with Gasteiger partial charge in [-0.1, -0.05) is 13.8 Å². The molecule has 11 heavy (non-hydrogen) atoms. The van der Waals surface area contributed by atoms with Crippen molar-refractivity contribution >= 4 is 0 Å². The summed E-state index contributed by atoms with van der Waals surface area (Å²) in [5.41, 5.74) is 0. The Hall–Kier alpha value is -0.0800. The van der Waals surface area contributed by atoms with Crippen LogP contribution in [0.4, 0.5) is 0 Å². The Labute approximate surface area is 70.2 Å². The Morgan fingerprint density at radius 1 is 1.45 bits per heavy atom. The van der Waals surface area contributed by atoms with Crippen LogP contribution < -0.4 is 0 Å². The largest absolute Gasteiger partial charge is 0.396 e. The molecular weight excluding hydrogens is 138 g/mol. The lowest BCUT2D eigenvalue weighted by Gasteiger charge is -2.12. The predicted molar refractivity (Wildman–Crippen MR) is 48.6 cm³/mol. The van der Waals surface area contributed by atoms with Gasteiger partial charge in [-0.15, -0.1) is 0 Å². The van der Waals surface area contributed by atoms with Crippen molar-refractivity contribution in [3.8, 4) is 0 Å². The van der Waals surface area contributed by atoms with Crippen molar-refractivity contribution in [2.75, 3.05) is 20.2 Å². The quantitative estimate of drug-likeness (QED) is 0.624. The molecule has 0 bridgehead atoms. The second-order valence-corrected chi connectivity index (χ2v) is 3.07. The van der Waals surface area contributed by atoms with E-state index in [1.165, 1.54) is 0 Å². The highest BCUT2D eigenvalue weighted by molar-refractivity contribution is 4.78. The van der Waals surface area contributed by atoms with Crippen molar-refractivity contribution in [2.24, 2.45) is 5.92 Å². The maximum atomic E-state index is 8.77. The van der Waals surface area contributed by atoms with Gasteiger partial charge in [-0.3, -0.25) is 0 Å². The molecule has 1 rings (SSSR count). The molecule has 1 fully saturated rings. The van der Waals surface area contributed by atoms with E-state index in [-0.39, 0.29) is 0 Å². The first-order valence-electron chi connectivity index (χ1n) is 4.55. The molecule has 1 aliphatic rings. The smallest absolute Gasteiger partial charge is 0.0472 e. The maximum absolute atomic E-state index is 8.77. The van der Waals surface area contributed by atoms with Crippen LogP contribution in [0.2, 0.25) is 0 Å². The Morgan fingerprint density at radius 2 is 2.00 bits per heavy atom. The van der Waals surface area contributed by atoms with E-state index in [1.807, 2.05) is 13.8 Å². The van der Waals surface area contributed by atoms with Crippen molar-refractivity contribution in [1.82, 2.24) is 4.90 Å². The molecule has 0 aromatic carbocycles. The number of likely N-dealkylation sites (tertiary alicyclic amines) is 1. The zero-order valence-corrected chi connectivity index (χ0v) is 8.17. The van der Waals surface area contributed by atoms with E-state index in [0.717, 1.165) is 13.0 Å². The molecule has 0 aliphatic carbocycles. The van der Waals surface area contributed by atoms with Gasteiger partial charge in [-0.25, -0.2) is 0 Å². The summed E-state index contributed by atoms with van der Waals surface area (Å²) in [7, 11) is 2.11. The van der Waals surface area contributed by atoms with E-state index in [0.29, 0.717) is 18.6 Å². The van der Waals surface area contributed by atoms with Crippen LogP contribution in [-0.2, 0) is 0 Å². The minimum absolute atomic E-state index is 0.356.